The fourth-order valence-electron chi connectivity index (χ4n) is 3.33. The standard InChI is InChI=1S/C22H26N2O6S2/c1-16-10-12-18(13-11-16)32(28,29)30-15-14-23-19-20(17-8-6-5-7-9-17)31(26,27)24(21(19)25)22(2,3)4/h5-13,23H,14-15H2,1-4H3. The number of nitrogens with one attached hydrogen (secondary N) is 1. The van der Waals surface area contributed by atoms with Gasteiger partial charge in [0.2, 0.25) is 0 Å². The van der Waals surface area contributed by atoms with E-state index in [0.29, 0.717) is 5.56 Å². The molecule has 0 unspecified atom stereocenters. The van der Waals surface area contributed by atoms with Gasteiger partial charge in [-0.05, 0) is 45.4 Å². The Balaban J connectivity index is 1.84. The first kappa shape index (κ1) is 24.0. The van der Waals surface area contributed by atoms with E-state index >= 15 is 0 Å². The second-order valence-electron chi connectivity index (χ2n) is 8.33. The topological polar surface area (TPSA) is 110 Å². The summed E-state index contributed by atoms with van der Waals surface area (Å²) in [5.74, 6) is -0.697. The normalized spacial score (nSPS) is 16.5. The zero-order valence-electron chi connectivity index (χ0n) is 18.3. The van der Waals surface area contributed by atoms with Crippen LogP contribution in [0.1, 0.15) is 31.9 Å². The number of benzene rings is 2. The van der Waals surface area contributed by atoms with Crippen molar-refractivity contribution in [2.75, 3.05) is 13.2 Å². The summed E-state index contributed by atoms with van der Waals surface area (Å²) in [5.41, 5.74) is 0.186. The molecule has 32 heavy (non-hydrogen) atoms. The van der Waals surface area contributed by atoms with Crippen molar-refractivity contribution in [3.63, 3.8) is 0 Å². The Hall–Kier alpha value is -2.69. The van der Waals surface area contributed by atoms with Crippen LogP contribution < -0.4 is 5.32 Å². The van der Waals surface area contributed by atoms with Gasteiger partial charge in [0.1, 0.15) is 10.6 Å². The molecule has 0 aromatic heterocycles. The predicted molar refractivity (Wildman–Crippen MR) is 121 cm³/mol. The van der Waals surface area contributed by atoms with Gasteiger partial charge in [-0.3, -0.25) is 8.98 Å². The van der Waals surface area contributed by atoms with E-state index in [0.717, 1.165) is 9.87 Å². The number of nitrogens with zero attached hydrogens (tertiary/aromatic N) is 1. The lowest BCUT2D eigenvalue weighted by Crippen LogP contribution is -2.46. The first-order valence-electron chi connectivity index (χ1n) is 9.95. The molecule has 0 saturated heterocycles. The van der Waals surface area contributed by atoms with Crippen LogP contribution in [0, 0.1) is 6.92 Å². The Kier molecular flexibility index (Phi) is 6.50. The highest BCUT2D eigenvalue weighted by atomic mass is 32.2. The maximum Gasteiger partial charge on any atom is 0.297 e. The molecule has 0 atom stereocenters. The molecule has 2 aromatic carbocycles. The first-order chi connectivity index (χ1) is 14.9. The molecule has 0 aliphatic carbocycles. The lowest BCUT2D eigenvalue weighted by molar-refractivity contribution is -0.125. The fraction of sp³-hybridized carbons (Fsp3) is 0.318. The molecule has 1 aliphatic rings. The third kappa shape index (κ3) is 4.72. The average molecular weight is 479 g/mol. The van der Waals surface area contributed by atoms with E-state index < -0.39 is 31.6 Å². The van der Waals surface area contributed by atoms with Gasteiger partial charge in [-0.15, -0.1) is 0 Å². The summed E-state index contributed by atoms with van der Waals surface area (Å²) < 4.78 is 57.1. The van der Waals surface area contributed by atoms with Crippen molar-refractivity contribution in [3.8, 4) is 0 Å². The molecule has 1 amide bonds. The largest absolute Gasteiger partial charge is 0.377 e. The van der Waals surface area contributed by atoms with Gasteiger partial charge in [-0.25, -0.2) is 12.7 Å². The quantitative estimate of drug-likeness (QED) is 0.481. The number of hydrogen-bond donors (Lipinski definition) is 1. The minimum Gasteiger partial charge on any atom is -0.377 e. The molecule has 172 valence electrons. The van der Waals surface area contributed by atoms with Gasteiger partial charge < -0.3 is 5.32 Å². The van der Waals surface area contributed by atoms with Gasteiger partial charge in [0.05, 0.1) is 17.0 Å². The van der Waals surface area contributed by atoms with Crippen molar-refractivity contribution in [3.05, 3.63) is 71.4 Å². The van der Waals surface area contributed by atoms with Crippen LogP contribution in [-0.2, 0) is 29.1 Å². The van der Waals surface area contributed by atoms with Crippen LogP contribution in [0.15, 0.2) is 65.2 Å². The minimum absolute atomic E-state index is 0.0192. The number of carbonyl (C=O) groups excluding carboxylic acids is 1. The molecule has 1 aliphatic heterocycles. The number of hydrogen-bond acceptors (Lipinski definition) is 7. The van der Waals surface area contributed by atoms with Crippen LogP contribution in [0.4, 0.5) is 0 Å². The van der Waals surface area contributed by atoms with Gasteiger partial charge in [-0.2, -0.15) is 8.42 Å². The smallest absolute Gasteiger partial charge is 0.297 e. The van der Waals surface area contributed by atoms with Crippen molar-refractivity contribution in [1.29, 1.82) is 0 Å². The summed E-state index contributed by atoms with van der Waals surface area (Å²) in [6, 6.07) is 14.5. The maximum atomic E-state index is 13.2. The second kappa shape index (κ2) is 8.68. The van der Waals surface area contributed by atoms with Crippen LogP contribution in [0.3, 0.4) is 0 Å². The highest BCUT2D eigenvalue weighted by Crippen LogP contribution is 2.38. The first-order valence-corrected chi connectivity index (χ1v) is 12.8. The number of aryl methyl sites for hydroxylation is 1. The van der Waals surface area contributed by atoms with E-state index in [2.05, 4.69) is 5.32 Å². The Labute approximate surface area is 189 Å². The van der Waals surface area contributed by atoms with Crippen molar-refractivity contribution in [2.45, 2.75) is 38.1 Å². The second-order valence-corrected chi connectivity index (χ2v) is 11.7. The molecule has 0 saturated carbocycles. The van der Waals surface area contributed by atoms with Crippen LogP contribution in [0.2, 0.25) is 0 Å². The summed E-state index contributed by atoms with van der Waals surface area (Å²) in [6.07, 6.45) is 0. The van der Waals surface area contributed by atoms with Crippen LogP contribution in [0.5, 0.6) is 0 Å². The SMILES string of the molecule is Cc1ccc(S(=O)(=O)OCCNC2=C(c3ccccc3)S(=O)(=O)N(C(C)(C)C)C2=O)cc1. The molecule has 3 rings (SSSR count). The molecule has 1 heterocycles. The summed E-state index contributed by atoms with van der Waals surface area (Å²) in [4.78, 5) is 12.9. The van der Waals surface area contributed by atoms with Crippen molar-refractivity contribution >= 4 is 31.0 Å². The summed E-state index contributed by atoms with van der Waals surface area (Å²) in [6.45, 7) is 6.36. The Morgan fingerprint density at radius 2 is 1.59 bits per heavy atom. The molecule has 0 fully saturated rings. The lowest BCUT2D eigenvalue weighted by atomic mass is 10.1. The monoisotopic (exact) mass is 478 g/mol. The van der Waals surface area contributed by atoms with Gasteiger partial charge in [0.15, 0.2) is 0 Å². The van der Waals surface area contributed by atoms with Crippen LogP contribution >= 0.6 is 0 Å². The summed E-state index contributed by atoms with van der Waals surface area (Å²) in [5, 5.41) is 2.79. The fourth-order valence-corrected chi connectivity index (χ4v) is 6.31. The van der Waals surface area contributed by atoms with Gasteiger partial charge in [0, 0.05) is 6.54 Å². The highest BCUT2D eigenvalue weighted by Gasteiger charge is 2.49. The van der Waals surface area contributed by atoms with E-state index in [4.69, 9.17) is 4.18 Å². The van der Waals surface area contributed by atoms with Crippen molar-refractivity contribution < 1.29 is 25.8 Å². The molecular formula is C22H26N2O6S2. The van der Waals surface area contributed by atoms with Crippen molar-refractivity contribution in [1.82, 2.24) is 9.62 Å². The van der Waals surface area contributed by atoms with Gasteiger partial charge >= 0.3 is 0 Å². The van der Waals surface area contributed by atoms with E-state index in [-0.39, 0.29) is 28.6 Å². The number of amides is 1. The minimum atomic E-state index is -4.11. The highest BCUT2D eigenvalue weighted by molar-refractivity contribution is 7.99. The van der Waals surface area contributed by atoms with E-state index in [9.17, 15) is 21.6 Å². The van der Waals surface area contributed by atoms with Crippen LogP contribution in [-0.4, -0.2) is 45.7 Å². The van der Waals surface area contributed by atoms with Gasteiger partial charge in [0.25, 0.3) is 26.0 Å². The summed E-state index contributed by atoms with van der Waals surface area (Å²) in [7, 11) is -8.09. The third-order valence-corrected chi connectivity index (χ3v) is 8.20. The average Bonchev–Trinajstić information content (AvgIpc) is 2.90. The van der Waals surface area contributed by atoms with E-state index in [1.54, 1.807) is 63.2 Å². The molecular weight excluding hydrogens is 452 g/mol. The number of sulfonamides is 1. The Morgan fingerprint density at radius 1 is 1.00 bits per heavy atom. The zero-order valence-corrected chi connectivity index (χ0v) is 20.0. The lowest BCUT2D eigenvalue weighted by Gasteiger charge is -2.30. The molecule has 2 aromatic rings. The molecule has 0 radical (unpaired) electrons. The molecule has 10 heteroatoms. The number of carbonyl (C=O) groups is 1. The van der Waals surface area contributed by atoms with Gasteiger partial charge in [-0.1, -0.05) is 48.0 Å². The third-order valence-electron chi connectivity index (χ3n) is 4.72. The van der Waals surface area contributed by atoms with Crippen LogP contribution in [0.25, 0.3) is 4.91 Å². The maximum absolute atomic E-state index is 13.2. The Morgan fingerprint density at radius 3 is 2.16 bits per heavy atom. The number of rotatable bonds is 7. The predicted octanol–water partition coefficient (Wildman–Crippen LogP) is 2.63. The molecule has 0 bridgehead atoms. The molecule has 0 spiro atoms. The molecule has 8 nitrogen and oxygen atoms in total. The summed E-state index contributed by atoms with van der Waals surface area (Å²) >= 11 is 0. The van der Waals surface area contributed by atoms with E-state index in [1.165, 1.54) is 12.1 Å². The van der Waals surface area contributed by atoms with Crippen molar-refractivity contribution in [2.24, 2.45) is 0 Å². The van der Waals surface area contributed by atoms with E-state index in [1.807, 2.05) is 6.92 Å². The zero-order chi connectivity index (χ0) is 23.7. The Bertz CT molecular complexity index is 1240. The molecule has 1 N–H and O–H groups in total.